The molecule has 3 heteroatoms. The first-order valence-electron chi connectivity index (χ1n) is 7.58. The predicted octanol–water partition coefficient (Wildman–Crippen LogP) is 4.43. The number of nitrogens with zero attached hydrogens (tertiary/aromatic N) is 1. The standard InChI is InChI=1S/C19H21ClN2/c1-13-4-3-5-14(8-13)9-15(11-21)18-12-22(2)19-10-16(20)6-7-17(18)19/h3-8,10,12,15H,9,11,21H2,1-2H3. The molecule has 114 valence electrons. The molecule has 0 fully saturated rings. The number of hydrogen-bond acceptors (Lipinski definition) is 1. The zero-order chi connectivity index (χ0) is 15.7. The summed E-state index contributed by atoms with van der Waals surface area (Å²) in [6.45, 7) is 2.76. The molecule has 0 saturated carbocycles. The third-order valence-electron chi connectivity index (χ3n) is 4.27. The van der Waals surface area contributed by atoms with Gasteiger partial charge in [0.15, 0.2) is 0 Å². The van der Waals surface area contributed by atoms with Crippen LogP contribution in [0.1, 0.15) is 22.6 Å². The lowest BCUT2D eigenvalue weighted by Gasteiger charge is -2.15. The van der Waals surface area contributed by atoms with Gasteiger partial charge < -0.3 is 10.3 Å². The summed E-state index contributed by atoms with van der Waals surface area (Å²) in [5.74, 6) is 0.312. The Balaban J connectivity index is 2.00. The Morgan fingerprint density at radius 3 is 2.73 bits per heavy atom. The molecule has 0 spiro atoms. The van der Waals surface area contributed by atoms with Crippen molar-refractivity contribution in [2.75, 3.05) is 6.54 Å². The molecule has 1 atom stereocenters. The molecule has 3 rings (SSSR count). The minimum atomic E-state index is 0.312. The Morgan fingerprint density at radius 1 is 1.18 bits per heavy atom. The van der Waals surface area contributed by atoms with Crippen LogP contribution in [0, 0.1) is 6.92 Å². The molecule has 0 aliphatic carbocycles. The number of hydrogen-bond donors (Lipinski definition) is 1. The van der Waals surface area contributed by atoms with E-state index in [1.165, 1.54) is 22.1 Å². The van der Waals surface area contributed by atoms with Crippen molar-refractivity contribution >= 4 is 22.5 Å². The van der Waals surface area contributed by atoms with E-state index in [-0.39, 0.29) is 0 Å². The highest BCUT2D eigenvalue weighted by Gasteiger charge is 2.17. The van der Waals surface area contributed by atoms with Gasteiger partial charge in [0.25, 0.3) is 0 Å². The highest BCUT2D eigenvalue weighted by atomic mass is 35.5. The van der Waals surface area contributed by atoms with E-state index in [2.05, 4.69) is 55.1 Å². The minimum Gasteiger partial charge on any atom is -0.350 e. The van der Waals surface area contributed by atoms with Gasteiger partial charge in [0, 0.05) is 35.1 Å². The predicted molar refractivity (Wildman–Crippen MR) is 94.6 cm³/mol. The van der Waals surface area contributed by atoms with E-state index in [4.69, 9.17) is 17.3 Å². The maximum Gasteiger partial charge on any atom is 0.0495 e. The zero-order valence-electron chi connectivity index (χ0n) is 13.0. The normalized spacial score (nSPS) is 12.7. The molecule has 1 heterocycles. The zero-order valence-corrected chi connectivity index (χ0v) is 13.8. The van der Waals surface area contributed by atoms with E-state index in [1.54, 1.807) is 0 Å². The van der Waals surface area contributed by atoms with Crippen LogP contribution in [0.3, 0.4) is 0 Å². The van der Waals surface area contributed by atoms with Gasteiger partial charge >= 0.3 is 0 Å². The first-order chi connectivity index (χ1) is 10.6. The quantitative estimate of drug-likeness (QED) is 0.759. The average molecular weight is 313 g/mol. The summed E-state index contributed by atoms with van der Waals surface area (Å²) >= 11 is 6.12. The van der Waals surface area contributed by atoms with Gasteiger partial charge in [-0.25, -0.2) is 0 Å². The van der Waals surface area contributed by atoms with Gasteiger partial charge in [0.1, 0.15) is 0 Å². The SMILES string of the molecule is Cc1cccc(CC(CN)c2cn(C)c3cc(Cl)ccc23)c1. The first-order valence-corrected chi connectivity index (χ1v) is 7.96. The van der Waals surface area contributed by atoms with Gasteiger partial charge in [0.2, 0.25) is 0 Å². The van der Waals surface area contributed by atoms with Crippen LogP contribution >= 0.6 is 11.6 Å². The maximum atomic E-state index is 6.12. The molecule has 2 aromatic carbocycles. The van der Waals surface area contributed by atoms with E-state index in [9.17, 15) is 0 Å². The summed E-state index contributed by atoms with van der Waals surface area (Å²) < 4.78 is 2.13. The molecule has 0 aliphatic rings. The van der Waals surface area contributed by atoms with Gasteiger partial charge in [-0.3, -0.25) is 0 Å². The van der Waals surface area contributed by atoms with Crippen molar-refractivity contribution < 1.29 is 0 Å². The van der Waals surface area contributed by atoms with Crippen LogP contribution < -0.4 is 5.73 Å². The Labute approximate surface area is 136 Å². The average Bonchev–Trinajstić information content (AvgIpc) is 2.81. The fourth-order valence-electron chi connectivity index (χ4n) is 3.16. The third-order valence-corrected chi connectivity index (χ3v) is 4.51. The largest absolute Gasteiger partial charge is 0.350 e. The Morgan fingerprint density at radius 2 is 2.00 bits per heavy atom. The summed E-state index contributed by atoms with van der Waals surface area (Å²) in [6, 6.07) is 14.7. The number of aromatic nitrogens is 1. The van der Waals surface area contributed by atoms with Gasteiger partial charge in [-0.2, -0.15) is 0 Å². The van der Waals surface area contributed by atoms with Crippen LogP contribution in [0.25, 0.3) is 10.9 Å². The fourth-order valence-corrected chi connectivity index (χ4v) is 3.32. The number of fused-ring (bicyclic) bond motifs is 1. The molecule has 2 N–H and O–H groups in total. The molecule has 1 unspecified atom stereocenters. The van der Waals surface area contributed by atoms with E-state index in [0.29, 0.717) is 12.5 Å². The Bertz CT molecular complexity index is 804. The molecule has 1 aromatic heterocycles. The molecular weight excluding hydrogens is 292 g/mol. The van der Waals surface area contributed by atoms with Crippen molar-refractivity contribution in [3.05, 3.63) is 70.4 Å². The molecule has 2 nitrogen and oxygen atoms in total. The van der Waals surface area contributed by atoms with Crippen LogP contribution in [0.5, 0.6) is 0 Å². The topological polar surface area (TPSA) is 30.9 Å². The molecule has 0 aliphatic heterocycles. The summed E-state index contributed by atoms with van der Waals surface area (Å²) in [5.41, 5.74) is 11.2. The van der Waals surface area contributed by atoms with Crippen molar-refractivity contribution in [2.24, 2.45) is 12.8 Å². The summed E-state index contributed by atoms with van der Waals surface area (Å²) in [7, 11) is 2.06. The second-order valence-corrected chi connectivity index (χ2v) is 6.42. The molecule has 0 saturated heterocycles. The minimum absolute atomic E-state index is 0.312. The second-order valence-electron chi connectivity index (χ2n) is 5.98. The van der Waals surface area contributed by atoms with E-state index >= 15 is 0 Å². The Hall–Kier alpha value is -1.77. The smallest absolute Gasteiger partial charge is 0.0495 e. The highest BCUT2D eigenvalue weighted by molar-refractivity contribution is 6.31. The van der Waals surface area contributed by atoms with E-state index in [0.717, 1.165) is 17.0 Å². The maximum absolute atomic E-state index is 6.12. The highest BCUT2D eigenvalue weighted by Crippen LogP contribution is 2.31. The number of halogens is 1. The van der Waals surface area contributed by atoms with Gasteiger partial charge in [-0.15, -0.1) is 0 Å². The van der Waals surface area contributed by atoms with Crippen LogP contribution in [0.4, 0.5) is 0 Å². The monoisotopic (exact) mass is 312 g/mol. The van der Waals surface area contributed by atoms with E-state index in [1.807, 2.05) is 12.1 Å². The first kappa shape index (κ1) is 15.1. The summed E-state index contributed by atoms with van der Waals surface area (Å²) in [6.07, 6.45) is 3.15. The van der Waals surface area contributed by atoms with Gasteiger partial charge in [-0.1, -0.05) is 47.5 Å². The van der Waals surface area contributed by atoms with Crippen LogP contribution in [0.15, 0.2) is 48.7 Å². The van der Waals surface area contributed by atoms with Crippen molar-refractivity contribution in [1.29, 1.82) is 0 Å². The molecule has 0 bridgehead atoms. The van der Waals surface area contributed by atoms with Crippen molar-refractivity contribution in [3.63, 3.8) is 0 Å². The van der Waals surface area contributed by atoms with Crippen molar-refractivity contribution in [1.82, 2.24) is 4.57 Å². The number of nitrogens with two attached hydrogens (primary N) is 1. The molecule has 0 radical (unpaired) electrons. The Kier molecular flexibility index (Phi) is 4.23. The lowest BCUT2D eigenvalue weighted by molar-refractivity contribution is 0.695. The van der Waals surface area contributed by atoms with Crippen LogP contribution in [0.2, 0.25) is 5.02 Å². The lowest BCUT2D eigenvalue weighted by Crippen LogP contribution is -2.15. The van der Waals surface area contributed by atoms with Crippen LogP contribution in [-0.2, 0) is 13.5 Å². The number of benzene rings is 2. The second kappa shape index (κ2) is 6.15. The number of aryl methyl sites for hydroxylation is 2. The summed E-state index contributed by atoms with van der Waals surface area (Å²) in [4.78, 5) is 0. The molecule has 22 heavy (non-hydrogen) atoms. The van der Waals surface area contributed by atoms with Gasteiger partial charge in [0.05, 0.1) is 0 Å². The van der Waals surface area contributed by atoms with Crippen molar-refractivity contribution in [3.8, 4) is 0 Å². The third kappa shape index (κ3) is 2.90. The van der Waals surface area contributed by atoms with Gasteiger partial charge in [-0.05, 0) is 43.1 Å². The number of rotatable bonds is 4. The van der Waals surface area contributed by atoms with Crippen molar-refractivity contribution in [2.45, 2.75) is 19.3 Å². The lowest BCUT2D eigenvalue weighted by atomic mass is 9.91. The molecule has 0 amide bonds. The van der Waals surface area contributed by atoms with E-state index < -0.39 is 0 Å². The van der Waals surface area contributed by atoms with Crippen LogP contribution in [-0.4, -0.2) is 11.1 Å². The fraction of sp³-hybridized carbons (Fsp3) is 0.263. The summed E-state index contributed by atoms with van der Waals surface area (Å²) in [5, 5.41) is 2.01. The molecule has 3 aromatic rings. The molecular formula is C19H21ClN2.